The zero-order valence-corrected chi connectivity index (χ0v) is 47.8. The molecule has 0 saturated heterocycles. The SMILES string of the molecule is CC/C=C\C/C=C\C/C=C\C/C=C\C/C=C\C/C=C\C/C=C\C/C=C\CCCCC(=O)OCC(COC(=O)CCCCCCC/C=C\CCCCCC)OC(=O)CCCCCCC/C=C\C/C=C\CCCCCC. The highest BCUT2D eigenvalue weighted by Crippen LogP contribution is 2.13. The Balaban J connectivity index is 4.46. The third kappa shape index (κ3) is 58.4. The smallest absolute Gasteiger partial charge is 0.306 e. The molecule has 0 aliphatic heterocycles. The van der Waals surface area contributed by atoms with Crippen molar-refractivity contribution in [2.45, 2.75) is 264 Å². The average molecular weight is 1020 g/mol. The number of esters is 3. The fourth-order valence-electron chi connectivity index (χ4n) is 7.83. The van der Waals surface area contributed by atoms with Crippen LogP contribution in [-0.4, -0.2) is 37.2 Å². The zero-order chi connectivity index (χ0) is 53.6. The molecular formula is C68H110O6. The van der Waals surface area contributed by atoms with Crippen LogP contribution in [-0.2, 0) is 28.6 Å². The van der Waals surface area contributed by atoms with Crippen LogP contribution in [0.25, 0.3) is 0 Å². The maximum Gasteiger partial charge on any atom is 0.306 e. The van der Waals surface area contributed by atoms with E-state index in [0.717, 1.165) is 141 Å². The first-order chi connectivity index (χ1) is 36.5. The van der Waals surface area contributed by atoms with E-state index < -0.39 is 6.10 Å². The van der Waals surface area contributed by atoms with Crippen LogP contribution in [0.5, 0.6) is 0 Å². The lowest BCUT2D eigenvalue weighted by Gasteiger charge is -2.18. The molecule has 74 heavy (non-hydrogen) atoms. The molecule has 0 heterocycles. The van der Waals surface area contributed by atoms with Gasteiger partial charge in [-0.05, 0) is 141 Å². The number of hydrogen-bond donors (Lipinski definition) is 0. The number of rotatable bonds is 53. The largest absolute Gasteiger partial charge is 0.462 e. The number of allylic oxidation sites excluding steroid dienone is 22. The Bertz CT molecular complexity index is 1600. The molecule has 1 unspecified atom stereocenters. The van der Waals surface area contributed by atoms with E-state index in [0.29, 0.717) is 25.7 Å². The van der Waals surface area contributed by atoms with E-state index in [4.69, 9.17) is 14.2 Å². The van der Waals surface area contributed by atoms with Gasteiger partial charge in [-0.15, -0.1) is 0 Å². The minimum Gasteiger partial charge on any atom is -0.462 e. The van der Waals surface area contributed by atoms with Gasteiger partial charge in [-0.3, -0.25) is 14.4 Å². The summed E-state index contributed by atoms with van der Waals surface area (Å²) < 4.78 is 16.8. The van der Waals surface area contributed by atoms with Crippen molar-refractivity contribution in [3.8, 4) is 0 Å². The third-order valence-electron chi connectivity index (χ3n) is 12.4. The predicted octanol–water partition coefficient (Wildman–Crippen LogP) is 20.6. The summed E-state index contributed by atoms with van der Waals surface area (Å²) in [4.78, 5) is 38.2. The third-order valence-corrected chi connectivity index (χ3v) is 12.4. The fourth-order valence-corrected chi connectivity index (χ4v) is 7.83. The van der Waals surface area contributed by atoms with Crippen LogP contribution < -0.4 is 0 Å². The molecule has 0 amide bonds. The molecule has 0 aromatic rings. The van der Waals surface area contributed by atoms with Gasteiger partial charge in [0.15, 0.2) is 6.10 Å². The number of ether oxygens (including phenoxy) is 3. The van der Waals surface area contributed by atoms with Gasteiger partial charge in [0.05, 0.1) is 0 Å². The number of unbranched alkanes of at least 4 members (excludes halogenated alkanes) is 20. The van der Waals surface area contributed by atoms with Crippen LogP contribution in [0.3, 0.4) is 0 Å². The van der Waals surface area contributed by atoms with Crippen molar-refractivity contribution >= 4 is 17.9 Å². The second-order valence-electron chi connectivity index (χ2n) is 19.5. The van der Waals surface area contributed by atoms with Crippen LogP contribution in [0.4, 0.5) is 0 Å². The van der Waals surface area contributed by atoms with Gasteiger partial charge >= 0.3 is 17.9 Å². The van der Waals surface area contributed by atoms with Crippen LogP contribution in [0.1, 0.15) is 258 Å². The minimum atomic E-state index is -0.812. The molecule has 0 bridgehead atoms. The first kappa shape index (κ1) is 69.5. The molecule has 0 aromatic carbocycles. The van der Waals surface area contributed by atoms with Crippen molar-refractivity contribution in [2.24, 2.45) is 0 Å². The summed E-state index contributed by atoms with van der Waals surface area (Å²) in [6.45, 7) is 6.43. The summed E-state index contributed by atoms with van der Waals surface area (Å²) in [6.07, 6.45) is 85.9. The lowest BCUT2D eigenvalue weighted by Crippen LogP contribution is -2.30. The minimum absolute atomic E-state index is 0.106. The monoisotopic (exact) mass is 1020 g/mol. The highest BCUT2D eigenvalue weighted by atomic mass is 16.6. The highest BCUT2D eigenvalue weighted by molar-refractivity contribution is 5.71. The topological polar surface area (TPSA) is 78.9 Å². The number of carbonyl (C=O) groups is 3. The summed E-state index contributed by atoms with van der Waals surface area (Å²) in [5.41, 5.74) is 0. The van der Waals surface area contributed by atoms with Crippen molar-refractivity contribution in [1.82, 2.24) is 0 Å². The van der Waals surface area contributed by atoms with Crippen LogP contribution in [0.2, 0.25) is 0 Å². The van der Waals surface area contributed by atoms with Crippen LogP contribution in [0.15, 0.2) is 134 Å². The van der Waals surface area contributed by atoms with Gasteiger partial charge in [0.2, 0.25) is 0 Å². The summed E-state index contributed by atoms with van der Waals surface area (Å²) >= 11 is 0. The Hall–Kier alpha value is -4.45. The van der Waals surface area contributed by atoms with Gasteiger partial charge in [-0.25, -0.2) is 0 Å². The molecule has 0 aliphatic carbocycles. The van der Waals surface area contributed by atoms with Crippen molar-refractivity contribution < 1.29 is 28.6 Å². The lowest BCUT2D eigenvalue weighted by atomic mass is 10.1. The van der Waals surface area contributed by atoms with Gasteiger partial charge in [0, 0.05) is 19.3 Å². The first-order valence-corrected chi connectivity index (χ1v) is 30.2. The van der Waals surface area contributed by atoms with E-state index in [1.165, 1.54) is 70.6 Å². The number of carbonyl (C=O) groups excluding carboxylic acids is 3. The second-order valence-corrected chi connectivity index (χ2v) is 19.5. The summed E-state index contributed by atoms with van der Waals surface area (Å²) in [6, 6.07) is 0. The Morgan fingerprint density at radius 1 is 0.284 bits per heavy atom. The maximum absolute atomic E-state index is 12.9. The zero-order valence-electron chi connectivity index (χ0n) is 47.8. The van der Waals surface area contributed by atoms with E-state index >= 15 is 0 Å². The van der Waals surface area contributed by atoms with Crippen molar-refractivity contribution in [3.05, 3.63) is 134 Å². The van der Waals surface area contributed by atoms with E-state index in [1.807, 2.05) is 0 Å². The average Bonchev–Trinajstić information content (AvgIpc) is 3.40. The predicted molar refractivity (Wildman–Crippen MR) is 320 cm³/mol. The normalized spacial score (nSPS) is 13.1. The molecule has 1 atom stereocenters. The quantitative estimate of drug-likeness (QED) is 0.0261. The summed E-state index contributed by atoms with van der Waals surface area (Å²) in [5.74, 6) is -0.976. The van der Waals surface area contributed by atoms with Gasteiger partial charge in [-0.2, -0.15) is 0 Å². The van der Waals surface area contributed by atoms with Gasteiger partial charge in [-0.1, -0.05) is 231 Å². The Morgan fingerprint density at radius 2 is 0.527 bits per heavy atom. The van der Waals surface area contributed by atoms with Crippen molar-refractivity contribution in [3.63, 3.8) is 0 Å². The Labute approximate surface area is 455 Å². The van der Waals surface area contributed by atoms with Crippen molar-refractivity contribution in [1.29, 1.82) is 0 Å². The lowest BCUT2D eigenvalue weighted by molar-refractivity contribution is -0.167. The summed E-state index contributed by atoms with van der Waals surface area (Å²) in [7, 11) is 0. The molecule has 0 fully saturated rings. The fraction of sp³-hybridized carbons (Fsp3) is 0.632. The second kappa shape index (κ2) is 61.1. The molecule has 6 heteroatoms. The number of hydrogen-bond acceptors (Lipinski definition) is 6. The van der Waals surface area contributed by atoms with Crippen LogP contribution >= 0.6 is 0 Å². The van der Waals surface area contributed by atoms with E-state index in [-0.39, 0.29) is 31.1 Å². The van der Waals surface area contributed by atoms with E-state index in [9.17, 15) is 14.4 Å². The Kier molecular flexibility index (Phi) is 57.4. The van der Waals surface area contributed by atoms with Gasteiger partial charge < -0.3 is 14.2 Å². The molecule has 0 aliphatic rings. The first-order valence-electron chi connectivity index (χ1n) is 30.2. The standard InChI is InChI=1S/C68H110O6/c1-4-7-10-13-16-19-22-25-27-29-30-31-32-33-34-35-36-37-38-39-41-43-46-49-52-55-58-61-67(70)73-64-65(63-72-66(69)60-57-54-51-48-45-42-24-21-18-15-12-9-6-3)74-68(71)62-59-56-53-50-47-44-40-28-26-23-20-17-14-11-8-5-2/h7,10,16,19-21,23-25,27-28,30-31,33-34,36-37,39-41,46,49,65H,4-6,8-9,11-15,17-18,22,26,29,32,35,38,42-45,47-48,50-64H2,1-3H3/b10-7-,19-16-,23-20-,24-21-,27-25-,31-30-,34-33-,37-36-,40-28-,41-39-,49-46-. The highest BCUT2D eigenvalue weighted by Gasteiger charge is 2.19. The van der Waals surface area contributed by atoms with E-state index in [2.05, 4.69) is 154 Å². The molecular weight excluding hydrogens is 913 g/mol. The molecule has 418 valence electrons. The van der Waals surface area contributed by atoms with Gasteiger partial charge in [0.25, 0.3) is 0 Å². The van der Waals surface area contributed by atoms with E-state index in [1.54, 1.807) is 0 Å². The molecule has 6 nitrogen and oxygen atoms in total. The van der Waals surface area contributed by atoms with Crippen LogP contribution in [0, 0.1) is 0 Å². The molecule has 0 radical (unpaired) electrons. The Morgan fingerprint density at radius 3 is 0.865 bits per heavy atom. The van der Waals surface area contributed by atoms with Crippen molar-refractivity contribution in [2.75, 3.05) is 13.2 Å². The summed E-state index contributed by atoms with van der Waals surface area (Å²) in [5, 5.41) is 0. The molecule has 0 rings (SSSR count). The van der Waals surface area contributed by atoms with Gasteiger partial charge in [0.1, 0.15) is 13.2 Å². The molecule has 0 aromatic heterocycles. The molecule has 0 N–H and O–H groups in total. The maximum atomic E-state index is 12.9. The molecule has 0 spiro atoms. The molecule has 0 saturated carbocycles.